The van der Waals surface area contributed by atoms with Crippen LogP contribution in [0, 0.1) is 11.3 Å². The van der Waals surface area contributed by atoms with Crippen molar-refractivity contribution in [2.75, 3.05) is 20.2 Å². The van der Waals surface area contributed by atoms with Gasteiger partial charge in [-0.15, -0.1) is 0 Å². The third-order valence-corrected chi connectivity index (χ3v) is 3.65. The third-order valence-electron chi connectivity index (χ3n) is 3.65. The van der Waals surface area contributed by atoms with Gasteiger partial charge in [0.05, 0.1) is 5.60 Å². The molecule has 0 aromatic heterocycles. The molecule has 0 aromatic rings. The molecule has 0 atom stereocenters. The Morgan fingerprint density at radius 3 is 2.27 bits per heavy atom. The van der Waals surface area contributed by atoms with Crippen LogP contribution in [-0.4, -0.2) is 25.8 Å². The van der Waals surface area contributed by atoms with E-state index in [1.165, 1.54) is 25.9 Å². The van der Waals surface area contributed by atoms with E-state index in [2.05, 4.69) is 33.0 Å². The van der Waals surface area contributed by atoms with Crippen LogP contribution in [0.4, 0.5) is 0 Å². The first-order valence-electron chi connectivity index (χ1n) is 6.15. The Balaban J connectivity index is 2.40. The molecule has 2 nitrogen and oxygen atoms in total. The highest BCUT2D eigenvalue weighted by Gasteiger charge is 2.38. The van der Waals surface area contributed by atoms with Crippen LogP contribution in [-0.2, 0) is 4.74 Å². The second-order valence-corrected chi connectivity index (χ2v) is 6.17. The summed E-state index contributed by atoms with van der Waals surface area (Å²) in [5.41, 5.74) is 0.601. The zero-order valence-electron chi connectivity index (χ0n) is 11.0. The Kier molecular flexibility index (Phi) is 4.19. The normalized spacial score (nSPS) is 20.4. The van der Waals surface area contributed by atoms with Crippen LogP contribution < -0.4 is 5.32 Å². The lowest BCUT2D eigenvalue weighted by Gasteiger charge is -2.45. The minimum absolute atomic E-state index is 0.0412. The standard InChI is InChI=1S/C13H27NO/c1-11(2)8-13(9-14-10-13)7-6-12(3,4)15-5/h11,14H,6-10H2,1-5H3. The molecule has 1 fully saturated rings. The summed E-state index contributed by atoms with van der Waals surface area (Å²) in [6.45, 7) is 11.4. The topological polar surface area (TPSA) is 21.3 Å². The molecule has 90 valence electrons. The van der Waals surface area contributed by atoms with E-state index < -0.39 is 0 Å². The van der Waals surface area contributed by atoms with E-state index in [4.69, 9.17) is 4.74 Å². The summed E-state index contributed by atoms with van der Waals surface area (Å²) < 4.78 is 5.49. The van der Waals surface area contributed by atoms with Gasteiger partial charge in [-0.3, -0.25) is 0 Å². The van der Waals surface area contributed by atoms with Crippen LogP contribution in [0.25, 0.3) is 0 Å². The molecule has 1 aliphatic rings. The van der Waals surface area contributed by atoms with Crippen molar-refractivity contribution in [3.8, 4) is 0 Å². The summed E-state index contributed by atoms with van der Waals surface area (Å²) in [6, 6.07) is 0. The van der Waals surface area contributed by atoms with Crippen molar-refractivity contribution in [1.29, 1.82) is 0 Å². The SMILES string of the molecule is COC(C)(C)CCC1(CC(C)C)CNC1. The summed E-state index contributed by atoms with van der Waals surface area (Å²) in [6.07, 6.45) is 3.80. The average Bonchev–Trinajstić information content (AvgIpc) is 2.09. The third kappa shape index (κ3) is 3.76. The van der Waals surface area contributed by atoms with Crippen LogP contribution >= 0.6 is 0 Å². The van der Waals surface area contributed by atoms with E-state index in [-0.39, 0.29) is 5.60 Å². The Labute approximate surface area is 94.8 Å². The van der Waals surface area contributed by atoms with Crippen LogP contribution in [0.1, 0.15) is 47.0 Å². The van der Waals surface area contributed by atoms with Crippen molar-refractivity contribution in [1.82, 2.24) is 5.32 Å². The van der Waals surface area contributed by atoms with Crippen molar-refractivity contribution in [3.05, 3.63) is 0 Å². The number of hydrogen-bond acceptors (Lipinski definition) is 2. The van der Waals surface area contributed by atoms with Gasteiger partial charge in [0.1, 0.15) is 0 Å². The van der Waals surface area contributed by atoms with Crippen LogP contribution in [0.3, 0.4) is 0 Å². The Morgan fingerprint density at radius 1 is 1.33 bits per heavy atom. The van der Waals surface area contributed by atoms with Crippen LogP contribution in [0.15, 0.2) is 0 Å². The van der Waals surface area contributed by atoms with E-state index in [0.29, 0.717) is 5.41 Å². The Hall–Kier alpha value is -0.0800. The predicted molar refractivity (Wildman–Crippen MR) is 65.1 cm³/mol. The van der Waals surface area contributed by atoms with Gasteiger partial charge in [0.2, 0.25) is 0 Å². The minimum Gasteiger partial charge on any atom is -0.379 e. The van der Waals surface area contributed by atoms with Crippen LogP contribution in [0.2, 0.25) is 0 Å². The van der Waals surface area contributed by atoms with E-state index in [1.54, 1.807) is 0 Å². The molecular weight excluding hydrogens is 186 g/mol. The number of methoxy groups -OCH3 is 1. The monoisotopic (exact) mass is 213 g/mol. The molecule has 15 heavy (non-hydrogen) atoms. The summed E-state index contributed by atoms with van der Waals surface area (Å²) in [5.74, 6) is 0.803. The maximum absolute atomic E-state index is 5.49. The Bertz CT molecular complexity index is 195. The van der Waals surface area contributed by atoms with Gasteiger partial charge >= 0.3 is 0 Å². The number of nitrogens with one attached hydrogen (secondary N) is 1. The number of hydrogen-bond donors (Lipinski definition) is 1. The first kappa shape index (κ1) is 13.0. The molecule has 0 saturated carbocycles. The molecule has 0 unspecified atom stereocenters. The molecule has 1 heterocycles. The summed E-state index contributed by atoms with van der Waals surface area (Å²) in [5, 5.41) is 3.42. The fourth-order valence-electron chi connectivity index (χ4n) is 2.44. The largest absolute Gasteiger partial charge is 0.379 e. The van der Waals surface area contributed by atoms with E-state index in [0.717, 1.165) is 12.3 Å². The molecule has 1 saturated heterocycles. The molecule has 1 N–H and O–H groups in total. The minimum atomic E-state index is 0.0412. The lowest BCUT2D eigenvalue weighted by molar-refractivity contribution is -0.00655. The highest BCUT2D eigenvalue weighted by atomic mass is 16.5. The lowest BCUT2D eigenvalue weighted by Crippen LogP contribution is -2.54. The van der Waals surface area contributed by atoms with E-state index >= 15 is 0 Å². The van der Waals surface area contributed by atoms with Crippen molar-refractivity contribution >= 4 is 0 Å². The van der Waals surface area contributed by atoms with Gasteiger partial charge in [-0.2, -0.15) is 0 Å². The highest BCUT2D eigenvalue weighted by Crippen LogP contribution is 2.37. The summed E-state index contributed by atoms with van der Waals surface area (Å²) in [7, 11) is 1.81. The second kappa shape index (κ2) is 4.84. The zero-order chi connectivity index (χ0) is 11.5. The van der Waals surface area contributed by atoms with Gasteiger partial charge in [-0.25, -0.2) is 0 Å². The second-order valence-electron chi connectivity index (χ2n) is 6.17. The molecule has 1 aliphatic heterocycles. The van der Waals surface area contributed by atoms with Crippen molar-refractivity contribution < 1.29 is 4.74 Å². The van der Waals surface area contributed by atoms with Crippen molar-refractivity contribution in [2.24, 2.45) is 11.3 Å². The molecule has 0 spiro atoms. The number of rotatable bonds is 6. The van der Waals surface area contributed by atoms with Gasteiger partial charge in [-0.05, 0) is 44.4 Å². The first-order valence-corrected chi connectivity index (χ1v) is 6.15. The molecule has 1 rings (SSSR count). The van der Waals surface area contributed by atoms with E-state index in [9.17, 15) is 0 Å². The van der Waals surface area contributed by atoms with Gasteiger partial charge < -0.3 is 10.1 Å². The molecule has 0 amide bonds. The number of ether oxygens (including phenoxy) is 1. The average molecular weight is 213 g/mol. The van der Waals surface area contributed by atoms with E-state index in [1.807, 2.05) is 7.11 Å². The fraction of sp³-hybridized carbons (Fsp3) is 1.00. The molecule has 2 heteroatoms. The summed E-state index contributed by atoms with van der Waals surface area (Å²) >= 11 is 0. The first-order chi connectivity index (χ1) is 6.89. The molecule has 0 aromatic carbocycles. The maximum atomic E-state index is 5.49. The molecule has 0 bridgehead atoms. The quantitative estimate of drug-likeness (QED) is 0.732. The van der Waals surface area contributed by atoms with Crippen molar-refractivity contribution in [2.45, 2.75) is 52.6 Å². The summed E-state index contributed by atoms with van der Waals surface area (Å²) in [4.78, 5) is 0. The predicted octanol–water partition coefficient (Wildman–Crippen LogP) is 2.83. The van der Waals surface area contributed by atoms with Gasteiger partial charge in [0, 0.05) is 20.2 Å². The maximum Gasteiger partial charge on any atom is 0.0623 e. The zero-order valence-corrected chi connectivity index (χ0v) is 11.0. The Morgan fingerprint density at radius 2 is 1.93 bits per heavy atom. The molecule has 0 radical (unpaired) electrons. The van der Waals surface area contributed by atoms with Gasteiger partial charge in [0.15, 0.2) is 0 Å². The fourth-order valence-corrected chi connectivity index (χ4v) is 2.44. The van der Waals surface area contributed by atoms with Gasteiger partial charge in [0.25, 0.3) is 0 Å². The van der Waals surface area contributed by atoms with Gasteiger partial charge in [-0.1, -0.05) is 13.8 Å². The lowest BCUT2D eigenvalue weighted by atomic mass is 9.70. The van der Waals surface area contributed by atoms with Crippen LogP contribution in [0.5, 0.6) is 0 Å². The molecular formula is C13H27NO. The highest BCUT2D eigenvalue weighted by molar-refractivity contribution is 4.94. The molecule has 0 aliphatic carbocycles. The smallest absolute Gasteiger partial charge is 0.0623 e. The van der Waals surface area contributed by atoms with Crippen molar-refractivity contribution in [3.63, 3.8) is 0 Å².